The third-order valence-electron chi connectivity index (χ3n) is 3.28. The number of rotatable bonds is 3. The summed E-state index contributed by atoms with van der Waals surface area (Å²) in [6.45, 7) is 3.43. The molecule has 0 aliphatic carbocycles. The van der Waals surface area contributed by atoms with Crippen molar-refractivity contribution in [3.8, 4) is 0 Å². The minimum Gasteiger partial charge on any atom is -0.271 e. The molecule has 0 bridgehead atoms. The molecule has 0 amide bonds. The van der Waals surface area contributed by atoms with Gasteiger partial charge in [0.25, 0.3) is 0 Å². The molecule has 0 aliphatic heterocycles. The van der Waals surface area contributed by atoms with Gasteiger partial charge in [-0.1, -0.05) is 36.4 Å². The molecule has 0 aromatic heterocycles. The summed E-state index contributed by atoms with van der Waals surface area (Å²) in [7, 11) is 0. The van der Waals surface area contributed by atoms with Crippen LogP contribution in [0.3, 0.4) is 0 Å². The maximum Gasteiger partial charge on any atom is 0.164 e. The molecule has 0 spiro atoms. The van der Waals surface area contributed by atoms with Crippen LogP contribution < -0.4 is 11.3 Å². The van der Waals surface area contributed by atoms with Crippen molar-refractivity contribution < 1.29 is 8.78 Å². The van der Waals surface area contributed by atoms with Crippen molar-refractivity contribution in [3.05, 3.63) is 70.3 Å². The summed E-state index contributed by atoms with van der Waals surface area (Å²) in [5.74, 6) is 3.84. The van der Waals surface area contributed by atoms with E-state index >= 15 is 0 Å². The van der Waals surface area contributed by atoms with E-state index in [-0.39, 0.29) is 11.1 Å². The van der Waals surface area contributed by atoms with Crippen LogP contribution in [0.25, 0.3) is 0 Å². The Bertz CT molecular complexity index is 597. The number of nitrogens with one attached hydrogen (secondary N) is 1. The average molecular weight is 262 g/mol. The van der Waals surface area contributed by atoms with Crippen LogP contribution in [0.1, 0.15) is 28.3 Å². The van der Waals surface area contributed by atoms with Crippen molar-refractivity contribution in [1.82, 2.24) is 5.43 Å². The van der Waals surface area contributed by atoms with E-state index < -0.39 is 17.7 Å². The van der Waals surface area contributed by atoms with Crippen LogP contribution in [0.5, 0.6) is 0 Å². The Balaban J connectivity index is 2.55. The molecule has 3 N–H and O–H groups in total. The highest BCUT2D eigenvalue weighted by Gasteiger charge is 2.21. The number of hydrogen-bond acceptors (Lipinski definition) is 2. The molecule has 2 aromatic carbocycles. The van der Waals surface area contributed by atoms with Crippen LogP contribution in [0.4, 0.5) is 8.78 Å². The normalized spacial score (nSPS) is 12.5. The lowest BCUT2D eigenvalue weighted by Crippen LogP contribution is -2.30. The third kappa shape index (κ3) is 2.50. The molecule has 100 valence electrons. The quantitative estimate of drug-likeness (QED) is 0.658. The standard InChI is InChI=1S/C15H16F2N2/c1-9-5-3-4-6-11(9)15(19-18)12-8-7-10(2)13(16)14(12)17/h3-8,15,19H,18H2,1-2H3. The molecular weight excluding hydrogens is 246 g/mol. The van der Waals surface area contributed by atoms with Crippen molar-refractivity contribution in [3.63, 3.8) is 0 Å². The summed E-state index contributed by atoms with van der Waals surface area (Å²) in [6.07, 6.45) is 0. The lowest BCUT2D eigenvalue weighted by Gasteiger charge is -2.20. The fourth-order valence-corrected chi connectivity index (χ4v) is 2.14. The van der Waals surface area contributed by atoms with Gasteiger partial charge in [-0.2, -0.15) is 0 Å². The minimum absolute atomic E-state index is 0.208. The predicted octanol–water partition coefficient (Wildman–Crippen LogP) is 3.13. The molecule has 1 unspecified atom stereocenters. The van der Waals surface area contributed by atoms with Gasteiger partial charge in [0.1, 0.15) is 0 Å². The Kier molecular flexibility index (Phi) is 3.93. The number of benzene rings is 2. The molecule has 2 rings (SSSR count). The highest BCUT2D eigenvalue weighted by atomic mass is 19.2. The highest BCUT2D eigenvalue weighted by Crippen LogP contribution is 2.28. The predicted molar refractivity (Wildman–Crippen MR) is 71.4 cm³/mol. The van der Waals surface area contributed by atoms with Gasteiger partial charge in [-0.3, -0.25) is 5.84 Å². The average Bonchev–Trinajstić information content (AvgIpc) is 2.41. The number of nitrogens with two attached hydrogens (primary N) is 1. The molecule has 0 saturated carbocycles. The zero-order chi connectivity index (χ0) is 14.0. The van der Waals surface area contributed by atoms with Crippen LogP contribution in [-0.2, 0) is 0 Å². The summed E-state index contributed by atoms with van der Waals surface area (Å²) in [4.78, 5) is 0. The first-order valence-electron chi connectivity index (χ1n) is 6.02. The number of hydrazine groups is 1. The third-order valence-corrected chi connectivity index (χ3v) is 3.28. The second-order valence-corrected chi connectivity index (χ2v) is 4.56. The topological polar surface area (TPSA) is 38.0 Å². The minimum atomic E-state index is -0.855. The van der Waals surface area contributed by atoms with Gasteiger partial charge in [0.05, 0.1) is 6.04 Å². The van der Waals surface area contributed by atoms with Crippen molar-refractivity contribution in [2.75, 3.05) is 0 Å². The van der Waals surface area contributed by atoms with E-state index in [1.54, 1.807) is 12.1 Å². The fraction of sp³-hybridized carbons (Fsp3) is 0.200. The first-order chi connectivity index (χ1) is 9.06. The Morgan fingerprint density at radius 2 is 1.58 bits per heavy atom. The van der Waals surface area contributed by atoms with Gasteiger partial charge in [-0.15, -0.1) is 0 Å². The van der Waals surface area contributed by atoms with Gasteiger partial charge < -0.3 is 0 Å². The molecule has 1 atom stereocenters. The van der Waals surface area contributed by atoms with Crippen molar-refractivity contribution in [2.24, 2.45) is 5.84 Å². The van der Waals surface area contributed by atoms with Gasteiger partial charge in [0.2, 0.25) is 0 Å². The van der Waals surface area contributed by atoms with Gasteiger partial charge in [-0.25, -0.2) is 14.2 Å². The van der Waals surface area contributed by atoms with E-state index in [2.05, 4.69) is 5.43 Å². The van der Waals surface area contributed by atoms with Crippen LogP contribution in [0, 0.1) is 25.5 Å². The molecule has 0 saturated heterocycles. The van der Waals surface area contributed by atoms with Gasteiger partial charge in [0.15, 0.2) is 11.6 Å². The molecule has 0 radical (unpaired) electrons. The number of aryl methyl sites for hydroxylation is 2. The molecule has 19 heavy (non-hydrogen) atoms. The van der Waals surface area contributed by atoms with E-state index in [1.165, 1.54) is 6.92 Å². The molecule has 0 heterocycles. The number of hydrogen-bond donors (Lipinski definition) is 2. The fourth-order valence-electron chi connectivity index (χ4n) is 2.14. The monoisotopic (exact) mass is 262 g/mol. The van der Waals surface area contributed by atoms with E-state index in [0.29, 0.717) is 0 Å². The van der Waals surface area contributed by atoms with Crippen molar-refractivity contribution >= 4 is 0 Å². The molecule has 0 fully saturated rings. The Hall–Kier alpha value is -1.78. The second kappa shape index (κ2) is 5.47. The zero-order valence-corrected chi connectivity index (χ0v) is 10.9. The molecule has 2 nitrogen and oxygen atoms in total. The van der Waals surface area contributed by atoms with Crippen LogP contribution in [0.15, 0.2) is 36.4 Å². The summed E-state index contributed by atoms with van der Waals surface area (Å²) in [5, 5.41) is 0. The van der Waals surface area contributed by atoms with E-state index in [0.717, 1.165) is 11.1 Å². The number of halogens is 2. The highest BCUT2D eigenvalue weighted by molar-refractivity contribution is 5.38. The Labute approximate surface area is 111 Å². The van der Waals surface area contributed by atoms with Crippen molar-refractivity contribution in [2.45, 2.75) is 19.9 Å². The first kappa shape index (κ1) is 13.6. The Morgan fingerprint density at radius 1 is 0.895 bits per heavy atom. The molecule has 0 aliphatic rings. The summed E-state index contributed by atoms with van der Waals surface area (Å²) < 4.78 is 27.7. The molecule has 2 aromatic rings. The largest absolute Gasteiger partial charge is 0.271 e. The van der Waals surface area contributed by atoms with Gasteiger partial charge >= 0.3 is 0 Å². The van der Waals surface area contributed by atoms with Crippen LogP contribution >= 0.6 is 0 Å². The maximum absolute atomic E-state index is 14.0. The van der Waals surface area contributed by atoms with Gasteiger partial charge in [0, 0.05) is 5.56 Å². The smallest absolute Gasteiger partial charge is 0.164 e. The maximum atomic E-state index is 14.0. The summed E-state index contributed by atoms with van der Waals surface area (Å²) in [5.41, 5.74) is 4.83. The zero-order valence-electron chi connectivity index (χ0n) is 10.9. The molecule has 4 heteroatoms. The first-order valence-corrected chi connectivity index (χ1v) is 6.02. The Morgan fingerprint density at radius 3 is 2.21 bits per heavy atom. The second-order valence-electron chi connectivity index (χ2n) is 4.56. The molecular formula is C15H16F2N2. The lowest BCUT2D eigenvalue weighted by molar-refractivity contribution is 0.478. The summed E-state index contributed by atoms with van der Waals surface area (Å²) in [6, 6.07) is 10.0. The van der Waals surface area contributed by atoms with E-state index in [1.807, 2.05) is 31.2 Å². The lowest BCUT2D eigenvalue weighted by atomic mass is 9.94. The van der Waals surface area contributed by atoms with Crippen LogP contribution in [0.2, 0.25) is 0 Å². The van der Waals surface area contributed by atoms with Crippen molar-refractivity contribution in [1.29, 1.82) is 0 Å². The van der Waals surface area contributed by atoms with Crippen LogP contribution in [-0.4, -0.2) is 0 Å². The van der Waals surface area contributed by atoms with Gasteiger partial charge in [-0.05, 0) is 30.5 Å². The summed E-state index contributed by atoms with van der Waals surface area (Å²) >= 11 is 0. The van der Waals surface area contributed by atoms with E-state index in [9.17, 15) is 8.78 Å². The SMILES string of the molecule is Cc1ccccc1C(NN)c1ccc(C)c(F)c1F. The van der Waals surface area contributed by atoms with E-state index in [4.69, 9.17) is 5.84 Å².